The fourth-order valence-electron chi connectivity index (χ4n) is 2.76. The second-order valence-electron chi connectivity index (χ2n) is 5.42. The van der Waals surface area contributed by atoms with Crippen LogP contribution in [0.5, 0.6) is 0 Å². The maximum atomic E-state index is 13.3. The lowest BCUT2D eigenvalue weighted by atomic mass is 10.1. The minimum atomic E-state index is -0.241. The number of anilines is 1. The van der Waals surface area contributed by atoms with Gasteiger partial charge in [0.15, 0.2) is 5.50 Å². The average Bonchev–Trinajstić information content (AvgIpc) is 3.15. The van der Waals surface area contributed by atoms with E-state index in [1.165, 1.54) is 12.1 Å². The van der Waals surface area contributed by atoms with Crippen LogP contribution >= 0.6 is 11.8 Å². The summed E-state index contributed by atoms with van der Waals surface area (Å²) in [5.41, 5.74) is 6.68. The normalized spacial score (nSPS) is 20.9. The summed E-state index contributed by atoms with van der Waals surface area (Å²) in [5, 5.41) is 8.16. The lowest BCUT2D eigenvalue weighted by Crippen LogP contribution is -2.41. The molecule has 4 rings (SSSR count). The molecule has 0 spiro atoms. The standard InChI is InChI=1S/C15H15FN4OS/c16-10-2-3-11-8(5-10)1-4-12-13(11)22-15(19-12)20-14(21)9-6-17-18-7-9/h1-5,9,15,17-19H,6-7H2,(H,20,21). The van der Waals surface area contributed by atoms with Crippen molar-refractivity contribution >= 4 is 34.1 Å². The maximum absolute atomic E-state index is 13.3. The molecule has 1 fully saturated rings. The zero-order valence-corrected chi connectivity index (χ0v) is 12.5. The van der Waals surface area contributed by atoms with Gasteiger partial charge in [-0.25, -0.2) is 4.39 Å². The monoisotopic (exact) mass is 318 g/mol. The van der Waals surface area contributed by atoms with Crippen LogP contribution in [-0.2, 0) is 4.79 Å². The number of nitrogens with one attached hydrogen (secondary N) is 4. The van der Waals surface area contributed by atoms with Crippen LogP contribution in [0.15, 0.2) is 35.2 Å². The van der Waals surface area contributed by atoms with E-state index in [1.54, 1.807) is 17.8 Å². The molecule has 0 saturated carbocycles. The molecule has 114 valence electrons. The molecule has 1 saturated heterocycles. The number of halogens is 1. The lowest BCUT2D eigenvalue weighted by Gasteiger charge is -2.15. The van der Waals surface area contributed by atoms with E-state index in [9.17, 15) is 9.18 Å². The molecule has 5 nitrogen and oxygen atoms in total. The van der Waals surface area contributed by atoms with Gasteiger partial charge in [0.05, 0.1) is 11.6 Å². The molecule has 2 aromatic rings. The van der Waals surface area contributed by atoms with E-state index in [1.807, 2.05) is 12.1 Å². The van der Waals surface area contributed by atoms with Gasteiger partial charge in [-0.15, -0.1) is 0 Å². The van der Waals surface area contributed by atoms with Crippen molar-refractivity contribution in [2.45, 2.75) is 10.4 Å². The van der Waals surface area contributed by atoms with E-state index in [-0.39, 0.29) is 23.1 Å². The molecular weight excluding hydrogens is 303 g/mol. The second-order valence-corrected chi connectivity index (χ2v) is 6.53. The van der Waals surface area contributed by atoms with Gasteiger partial charge < -0.3 is 10.6 Å². The van der Waals surface area contributed by atoms with Gasteiger partial charge in [-0.1, -0.05) is 23.9 Å². The van der Waals surface area contributed by atoms with Crippen molar-refractivity contribution in [1.29, 1.82) is 0 Å². The van der Waals surface area contributed by atoms with Gasteiger partial charge in [-0.3, -0.25) is 15.6 Å². The van der Waals surface area contributed by atoms with Crippen molar-refractivity contribution in [3.05, 3.63) is 36.1 Å². The number of hydrogen-bond donors (Lipinski definition) is 4. The first-order valence-electron chi connectivity index (χ1n) is 7.12. The fourth-order valence-corrected chi connectivity index (χ4v) is 3.93. The molecular formula is C15H15FN4OS. The highest BCUT2D eigenvalue weighted by molar-refractivity contribution is 8.00. The molecule has 1 atom stereocenters. The Labute approximate surface area is 131 Å². The largest absolute Gasteiger partial charge is 0.356 e. The number of hydrogen-bond acceptors (Lipinski definition) is 5. The number of benzene rings is 2. The van der Waals surface area contributed by atoms with Crippen molar-refractivity contribution < 1.29 is 9.18 Å². The topological polar surface area (TPSA) is 65.2 Å². The van der Waals surface area contributed by atoms with E-state index in [0.29, 0.717) is 13.1 Å². The van der Waals surface area contributed by atoms with Gasteiger partial charge in [0.2, 0.25) is 5.91 Å². The number of thioether (sulfide) groups is 1. The summed E-state index contributed by atoms with van der Waals surface area (Å²) in [4.78, 5) is 13.2. The molecule has 2 aliphatic rings. The first kappa shape index (κ1) is 13.8. The molecule has 0 bridgehead atoms. The number of hydrazine groups is 1. The second kappa shape index (κ2) is 5.42. The molecule has 4 N–H and O–H groups in total. The van der Waals surface area contributed by atoms with Gasteiger partial charge in [-0.2, -0.15) is 0 Å². The van der Waals surface area contributed by atoms with Crippen LogP contribution in [0.3, 0.4) is 0 Å². The predicted octanol–water partition coefficient (Wildman–Crippen LogP) is 1.62. The van der Waals surface area contributed by atoms with Gasteiger partial charge in [-0.05, 0) is 29.0 Å². The number of rotatable bonds is 2. The number of carbonyl (C=O) groups is 1. The quantitative estimate of drug-likeness (QED) is 0.678. The van der Waals surface area contributed by atoms with Crippen LogP contribution < -0.4 is 21.5 Å². The SMILES string of the molecule is O=C(NC1Nc2ccc3cc(F)ccc3c2S1)C1CNNC1. The van der Waals surface area contributed by atoms with E-state index in [2.05, 4.69) is 21.5 Å². The van der Waals surface area contributed by atoms with Crippen LogP contribution in [0.4, 0.5) is 10.1 Å². The Hall–Kier alpha value is -1.83. The van der Waals surface area contributed by atoms with Crippen LogP contribution in [0.2, 0.25) is 0 Å². The van der Waals surface area contributed by atoms with Gasteiger partial charge >= 0.3 is 0 Å². The summed E-state index contributed by atoms with van der Waals surface area (Å²) < 4.78 is 13.3. The predicted molar refractivity (Wildman–Crippen MR) is 84.8 cm³/mol. The van der Waals surface area contributed by atoms with Crippen molar-refractivity contribution in [3.8, 4) is 0 Å². The molecule has 0 radical (unpaired) electrons. The first-order valence-corrected chi connectivity index (χ1v) is 8.00. The molecule has 2 heterocycles. The summed E-state index contributed by atoms with van der Waals surface area (Å²) in [6.45, 7) is 1.27. The summed E-state index contributed by atoms with van der Waals surface area (Å²) in [6.07, 6.45) is 0. The zero-order valence-electron chi connectivity index (χ0n) is 11.7. The lowest BCUT2D eigenvalue weighted by molar-refractivity contribution is -0.124. The maximum Gasteiger partial charge on any atom is 0.228 e. The molecule has 1 unspecified atom stereocenters. The summed E-state index contributed by atoms with van der Waals surface area (Å²) in [6, 6.07) is 8.59. The van der Waals surface area contributed by atoms with Crippen LogP contribution in [0.1, 0.15) is 0 Å². The van der Waals surface area contributed by atoms with Crippen LogP contribution in [-0.4, -0.2) is 24.5 Å². The smallest absolute Gasteiger partial charge is 0.228 e. The highest BCUT2D eigenvalue weighted by Gasteiger charge is 2.28. The molecule has 2 aromatic carbocycles. The summed E-state index contributed by atoms with van der Waals surface area (Å²) in [5.74, 6) is -0.280. The van der Waals surface area contributed by atoms with E-state index in [0.717, 1.165) is 21.4 Å². The van der Waals surface area contributed by atoms with Crippen molar-refractivity contribution in [3.63, 3.8) is 0 Å². The van der Waals surface area contributed by atoms with E-state index in [4.69, 9.17) is 0 Å². The highest BCUT2D eigenvalue weighted by atomic mass is 32.2. The molecule has 0 aromatic heterocycles. The number of carbonyl (C=O) groups excluding carboxylic acids is 1. The number of amides is 1. The Morgan fingerprint density at radius 1 is 1.23 bits per heavy atom. The van der Waals surface area contributed by atoms with E-state index < -0.39 is 0 Å². The Balaban J connectivity index is 1.55. The van der Waals surface area contributed by atoms with Gasteiger partial charge in [0, 0.05) is 18.0 Å². The molecule has 22 heavy (non-hydrogen) atoms. The Morgan fingerprint density at radius 3 is 2.86 bits per heavy atom. The third kappa shape index (κ3) is 2.41. The summed E-state index contributed by atoms with van der Waals surface area (Å²) in [7, 11) is 0. The Kier molecular flexibility index (Phi) is 3.40. The average molecular weight is 318 g/mol. The molecule has 2 aliphatic heterocycles. The Morgan fingerprint density at radius 2 is 2.05 bits per heavy atom. The molecule has 1 amide bonds. The van der Waals surface area contributed by atoms with Gasteiger partial charge in [0.1, 0.15) is 5.82 Å². The third-order valence-corrected chi connectivity index (χ3v) is 5.07. The van der Waals surface area contributed by atoms with Crippen molar-refractivity contribution in [2.24, 2.45) is 5.92 Å². The Bertz CT molecular complexity index is 748. The zero-order chi connectivity index (χ0) is 15.1. The van der Waals surface area contributed by atoms with Crippen LogP contribution in [0.25, 0.3) is 10.8 Å². The molecule has 7 heteroatoms. The minimum Gasteiger partial charge on any atom is -0.356 e. The van der Waals surface area contributed by atoms with Crippen LogP contribution in [0, 0.1) is 11.7 Å². The number of fused-ring (bicyclic) bond motifs is 3. The minimum absolute atomic E-state index is 0.0191. The highest BCUT2D eigenvalue weighted by Crippen LogP contribution is 2.42. The summed E-state index contributed by atoms with van der Waals surface area (Å²) >= 11 is 1.55. The van der Waals surface area contributed by atoms with Crippen molar-refractivity contribution in [2.75, 3.05) is 18.4 Å². The van der Waals surface area contributed by atoms with Crippen molar-refractivity contribution in [1.82, 2.24) is 16.2 Å². The molecule has 0 aliphatic carbocycles. The van der Waals surface area contributed by atoms with E-state index >= 15 is 0 Å². The fraction of sp³-hybridized carbons (Fsp3) is 0.267. The first-order chi connectivity index (χ1) is 10.7. The third-order valence-electron chi connectivity index (χ3n) is 3.92. The van der Waals surface area contributed by atoms with Gasteiger partial charge in [0.25, 0.3) is 0 Å².